The molecule has 0 amide bonds. The lowest BCUT2D eigenvalue weighted by Gasteiger charge is -2.08. The number of hydrogen-bond acceptors (Lipinski definition) is 4. The summed E-state index contributed by atoms with van der Waals surface area (Å²) < 4.78 is 10.4. The van der Waals surface area contributed by atoms with Gasteiger partial charge in [0.25, 0.3) is 0 Å². The molecule has 4 nitrogen and oxygen atoms in total. The van der Waals surface area contributed by atoms with Crippen molar-refractivity contribution in [1.82, 2.24) is 0 Å². The summed E-state index contributed by atoms with van der Waals surface area (Å²) in [7, 11) is 0. The number of ketones is 1. The van der Waals surface area contributed by atoms with Crippen molar-refractivity contribution in [1.29, 1.82) is 0 Å². The Bertz CT molecular complexity index is 413. The van der Waals surface area contributed by atoms with Crippen molar-refractivity contribution in [2.75, 3.05) is 12.5 Å². The summed E-state index contributed by atoms with van der Waals surface area (Å²) in [6.45, 7) is 3.87. The lowest BCUT2D eigenvalue weighted by Crippen LogP contribution is -2.10. The SMILES string of the molecule is CC(C)C(=O)c1cc2c(cc1N)OCO2. The van der Waals surface area contributed by atoms with Crippen molar-refractivity contribution in [3.8, 4) is 11.5 Å². The molecule has 80 valence electrons. The Hall–Kier alpha value is -1.71. The molecule has 0 aromatic heterocycles. The van der Waals surface area contributed by atoms with Crippen LogP contribution >= 0.6 is 0 Å². The molecular formula is C11H13NO3. The van der Waals surface area contributed by atoms with Gasteiger partial charge in [0.05, 0.1) is 0 Å². The first-order chi connectivity index (χ1) is 7.09. The molecule has 0 aliphatic carbocycles. The van der Waals surface area contributed by atoms with Crippen molar-refractivity contribution in [3.05, 3.63) is 17.7 Å². The normalized spacial score (nSPS) is 13.3. The first-order valence-electron chi connectivity index (χ1n) is 4.83. The topological polar surface area (TPSA) is 61.6 Å². The lowest BCUT2D eigenvalue weighted by atomic mass is 9.99. The zero-order chi connectivity index (χ0) is 11.0. The molecule has 1 heterocycles. The summed E-state index contributed by atoms with van der Waals surface area (Å²) in [6, 6.07) is 3.29. The van der Waals surface area contributed by atoms with E-state index in [-0.39, 0.29) is 18.5 Å². The fourth-order valence-corrected chi connectivity index (χ4v) is 1.48. The van der Waals surface area contributed by atoms with Gasteiger partial charge in [0, 0.05) is 23.2 Å². The van der Waals surface area contributed by atoms with E-state index in [0.717, 1.165) is 0 Å². The monoisotopic (exact) mass is 207 g/mol. The first-order valence-corrected chi connectivity index (χ1v) is 4.83. The fourth-order valence-electron chi connectivity index (χ4n) is 1.48. The number of Topliss-reactive ketones (excluding diaryl/α,β-unsaturated/α-hetero) is 1. The van der Waals surface area contributed by atoms with Crippen molar-refractivity contribution in [2.45, 2.75) is 13.8 Å². The van der Waals surface area contributed by atoms with Crippen LogP contribution in [0.25, 0.3) is 0 Å². The quantitative estimate of drug-likeness (QED) is 0.593. The number of ether oxygens (including phenoxy) is 2. The predicted molar refractivity (Wildman–Crippen MR) is 56.1 cm³/mol. The average Bonchev–Trinajstić information content (AvgIpc) is 2.62. The molecule has 15 heavy (non-hydrogen) atoms. The van der Waals surface area contributed by atoms with Crippen molar-refractivity contribution < 1.29 is 14.3 Å². The van der Waals surface area contributed by atoms with Crippen LogP contribution in [0.5, 0.6) is 11.5 Å². The molecule has 1 aliphatic rings. The number of fused-ring (bicyclic) bond motifs is 1. The molecule has 1 aromatic rings. The van der Waals surface area contributed by atoms with E-state index in [0.29, 0.717) is 22.7 Å². The molecule has 0 saturated heterocycles. The van der Waals surface area contributed by atoms with Crippen LogP contribution in [0.2, 0.25) is 0 Å². The van der Waals surface area contributed by atoms with E-state index in [2.05, 4.69) is 0 Å². The molecule has 0 atom stereocenters. The number of hydrogen-bond donors (Lipinski definition) is 1. The van der Waals surface area contributed by atoms with Gasteiger partial charge in [-0.15, -0.1) is 0 Å². The van der Waals surface area contributed by atoms with Crippen LogP contribution in [0.4, 0.5) is 5.69 Å². The summed E-state index contributed by atoms with van der Waals surface area (Å²) in [5.74, 6) is 1.14. The minimum absolute atomic E-state index is 0.0193. The minimum atomic E-state index is -0.0762. The van der Waals surface area contributed by atoms with Gasteiger partial charge in [-0.25, -0.2) is 0 Å². The highest BCUT2D eigenvalue weighted by Crippen LogP contribution is 2.36. The van der Waals surface area contributed by atoms with Crippen LogP contribution < -0.4 is 15.2 Å². The standard InChI is InChI=1S/C11H13NO3/c1-6(2)11(13)7-3-9-10(4-8(7)12)15-5-14-9/h3-4,6H,5,12H2,1-2H3. The first kappa shape index (κ1) is 9.83. The number of benzene rings is 1. The van der Waals surface area contributed by atoms with Gasteiger partial charge in [0.15, 0.2) is 17.3 Å². The molecule has 1 aromatic carbocycles. The number of anilines is 1. The minimum Gasteiger partial charge on any atom is -0.454 e. The van der Waals surface area contributed by atoms with Gasteiger partial charge in [-0.05, 0) is 6.07 Å². The Kier molecular flexibility index (Phi) is 2.26. The number of nitrogen functional groups attached to an aromatic ring is 1. The molecule has 0 unspecified atom stereocenters. The van der Waals surface area contributed by atoms with E-state index >= 15 is 0 Å². The van der Waals surface area contributed by atoms with Gasteiger partial charge in [-0.2, -0.15) is 0 Å². The Morgan fingerprint density at radius 1 is 1.33 bits per heavy atom. The van der Waals surface area contributed by atoms with Crippen molar-refractivity contribution in [2.24, 2.45) is 5.92 Å². The molecule has 0 radical (unpaired) electrons. The van der Waals surface area contributed by atoms with E-state index in [9.17, 15) is 4.79 Å². The van der Waals surface area contributed by atoms with Gasteiger partial charge in [0.2, 0.25) is 6.79 Å². The van der Waals surface area contributed by atoms with Crippen LogP contribution in [0.15, 0.2) is 12.1 Å². The number of carbonyl (C=O) groups excluding carboxylic acids is 1. The Morgan fingerprint density at radius 3 is 2.53 bits per heavy atom. The molecule has 0 spiro atoms. The lowest BCUT2D eigenvalue weighted by molar-refractivity contribution is 0.0940. The maximum absolute atomic E-state index is 11.8. The number of carbonyl (C=O) groups is 1. The molecule has 2 rings (SSSR count). The van der Waals surface area contributed by atoms with Crippen LogP contribution in [0.1, 0.15) is 24.2 Å². The van der Waals surface area contributed by atoms with E-state index in [1.807, 2.05) is 13.8 Å². The second-order valence-corrected chi connectivity index (χ2v) is 3.81. The molecule has 4 heteroatoms. The Labute approximate surface area is 88.0 Å². The van der Waals surface area contributed by atoms with Crippen molar-refractivity contribution >= 4 is 11.5 Å². The largest absolute Gasteiger partial charge is 0.454 e. The second kappa shape index (κ2) is 3.46. The predicted octanol–water partition coefficient (Wildman–Crippen LogP) is 1.84. The summed E-state index contributed by atoms with van der Waals surface area (Å²) >= 11 is 0. The molecular weight excluding hydrogens is 194 g/mol. The van der Waals surface area contributed by atoms with Gasteiger partial charge in [-0.1, -0.05) is 13.8 Å². The third kappa shape index (κ3) is 1.63. The molecule has 2 N–H and O–H groups in total. The van der Waals surface area contributed by atoms with Crippen LogP contribution in [-0.4, -0.2) is 12.6 Å². The highest BCUT2D eigenvalue weighted by Gasteiger charge is 2.20. The highest BCUT2D eigenvalue weighted by atomic mass is 16.7. The van der Waals surface area contributed by atoms with E-state index in [4.69, 9.17) is 15.2 Å². The smallest absolute Gasteiger partial charge is 0.231 e. The van der Waals surface area contributed by atoms with Crippen LogP contribution in [0, 0.1) is 5.92 Å². The van der Waals surface area contributed by atoms with Gasteiger partial charge in [-0.3, -0.25) is 4.79 Å². The van der Waals surface area contributed by atoms with E-state index < -0.39 is 0 Å². The average molecular weight is 207 g/mol. The van der Waals surface area contributed by atoms with Gasteiger partial charge < -0.3 is 15.2 Å². The zero-order valence-electron chi connectivity index (χ0n) is 8.74. The number of rotatable bonds is 2. The molecule has 1 aliphatic heterocycles. The van der Waals surface area contributed by atoms with E-state index in [1.165, 1.54) is 0 Å². The maximum atomic E-state index is 11.8. The summed E-state index contributed by atoms with van der Waals surface area (Å²) in [5.41, 5.74) is 6.73. The van der Waals surface area contributed by atoms with Crippen LogP contribution in [0.3, 0.4) is 0 Å². The second-order valence-electron chi connectivity index (χ2n) is 3.81. The molecule has 0 fully saturated rings. The molecule has 0 saturated carbocycles. The number of nitrogens with two attached hydrogens (primary N) is 1. The third-order valence-electron chi connectivity index (χ3n) is 2.33. The maximum Gasteiger partial charge on any atom is 0.231 e. The zero-order valence-corrected chi connectivity index (χ0v) is 8.74. The van der Waals surface area contributed by atoms with E-state index in [1.54, 1.807) is 12.1 Å². The summed E-state index contributed by atoms with van der Waals surface area (Å²) in [5, 5.41) is 0. The summed E-state index contributed by atoms with van der Waals surface area (Å²) in [6.07, 6.45) is 0. The highest BCUT2D eigenvalue weighted by molar-refractivity contribution is 6.02. The Balaban J connectivity index is 2.45. The molecule has 0 bridgehead atoms. The fraction of sp³-hybridized carbons (Fsp3) is 0.364. The van der Waals surface area contributed by atoms with Gasteiger partial charge >= 0.3 is 0 Å². The van der Waals surface area contributed by atoms with Crippen molar-refractivity contribution in [3.63, 3.8) is 0 Å². The van der Waals surface area contributed by atoms with Crippen LogP contribution in [-0.2, 0) is 0 Å². The summed E-state index contributed by atoms with van der Waals surface area (Å²) in [4.78, 5) is 11.8. The Morgan fingerprint density at radius 2 is 1.93 bits per heavy atom. The third-order valence-corrected chi connectivity index (χ3v) is 2.33. The van der Waals surface area contributed by atoms with Gasteiger partial charge in [0.1, 0.15) is 0 Å².